The smallest absolute Gasteiger partial charge is 0.0867 e. The van der Waals surface area contributed by atoms with Gasteiger partial charge in [0.25, 0.3) is 0 Å². The lowest BCUT2D eigenvalue weighted by atomic mass is 10.1. The summed E-state index contributed by atoms with van der Waals surface area (Å²) in [6.07, 6.45) is 1.81. The van der Waals surface area contributed by atoms with Gasteiger partial charge in [-0.1, -0.05) is 48.8 Å². The average Bonchev–Trinajstić information content (AvgIpc) is 2.15. The van der Waals surface area contributed by atoms with Gasteiger partial charge >= 0.3 is 0 Å². The molecule has 0 bridgehead atoms. The number of benzene rings is 1. The Hall–Kier alpha value is -1.31. The number of hydrogen-bond acceptors (Lipinski definition) is 2. The fourth-order valence-electron chi connectivity index (χ4n) is 1.12. The summed E-state index contributed by atoms with van der Waals surface area (Å²) >= 11 is 0. The molecule has 0 saturated carbocycles. The Balaban J connectivity index is 2.82. The minimum Gasteiger partial charge on any atom is -0.411 e. The third-order valence-corrected chi connectivity index (χ3v) is 1.71. The highest BCUT2D eigenvalue weighted by molar-refractivity contribution is 6.00. The van der Waals surface area contributed by atoms with E-state index in [1.54, 1.807) is 0 Å². The first-order chi connectivity index (χ1) is 5.88. The van der Waals surface area contributed by atoms with Crippen molar-refractivity contribution in [2.45, 2.75) is 19.8 Å². The fourth-order valence-corrected chi connectivity index (χ4v) is 1.12. The normalized spacial score (nSPS) is 11.6. The zero-order chi connectivity index (χ0) is 8.81. The lowest BCUT2D eigenvalue weighted by Gasteiger charge is -2.00. The molecule has 0 aliphatic heterocycles. The van der Waals surface area contributed by atoms with E-state index in [4.69, 9.17) is 5.21 Å². The highest BCUT2D eigenvalue weighted by Crippen LogP contribution is 2.05. The summed E-state index contributed by atoms with van der Waals surface area (Å²) in [5.41, 5.74) is 1.76. The van der Waals surface area contributed by atoms with Gasteiger partial charge in [0, 0.05) is 0 Å². The molecule has 0 heterocycles. The van der Waals surface area contributed by atoms with E-state index in [-0.39, 0.29) is 0 Å². The number of hydrogen-bond donors (Lipinski definition) is 1. The summed E-state index contributed by atoms with van der Waals surface area (Å²) in [4.78, 5) is 0. The molecule has 1 N–H and O–H groups in total. The molecule has 64 valence electrons. The minimum absolute atomic E-state index is 0.762. The van der Waals surface area contributed by atoms with Crippen LogP contribution >= 0.6 is 0 Å². The predicted molar refractivity (Wildman–Crippen MR) is 49.7 cm³/mol. The van der Waals surface area contributed by atoms with Gasteiger partial charge < -0.3 is 5.21 Å². The molecule has 0 saturated heterocycles. The van der Waals surface area contributed by atoms with Crippen LogP contribution in [0.1, 0.15) is 25.3 Å². The fraction of sp³-hybridized carbons (Fsp3) is 0.300. The molecule has 1 aromatic carbocycles. The van der Waals surface area contributed by atoms with Crippen molar-refractivity contribution >= 4 is 5.71 Å². The molecule has 0 radical (unpaired) electrons. The van der Waals surface area contributed by atoms with Crippen LogP contribution in [0.25, 0.3) is 0 Å². The lowest BCUT2D eigenvalue weighted by Crippen LogP contribution is -1.99. The van der Waals surface area contributed by atoms with E-state index >= 15 is 0 Å². The van der Waals surface area contributed by atoms with Crippen LogP contribution in [0.5, 0.6) is 0 Å². The summed E-state index contributed by atoms with van der Waals surface area (Å²) in [5, 5.41) is 12.0. The van der Waals surface area contributed by atoms with Gasteiger partial charge in [0.2, 0.25) is 0 Å². The second-order valence-electron chi connectivity index (χ2n) is 2.66. The van der Waals surface area contributed by atoms with E-state index < -0.39 is 0 Å². The Morgan fingerprint density at radius 1 is 1.33 bits per heavy atom. The van der Waals surface area contributed by atoms with E-state index in [0.717, 1.165) is 24.1 Å². The minimum atomic E-state index is 0.762. The number of rotatable bonds is 3. The molecule has 0 unspecified atom stereocenters. The third kappa shape index (κ3) is 2.09. The van der Waals surface area contributed by atoms with Crippen LogP contribution in [0.3, 0.4) is 0 Å². The van der Waals surface area contributed by atoms with Gasteiger partial charge in [0.15, 0.2) is 0 Å². The second kappa shape index (κ2) is 4.54. The summed E-state index contributed by atoms with van der Waals surface area (Å²) in [6.45, 7) is 2.06. The van der Waals surface area contributed by atoms with Gasteiger partial charge in [-0.3, -0.25) is 0 Å². The first kappa shape index (κ1) is 8.78. The zero-order valence-corrected chi connectivity index (χ0v) is 7.20. The molecule has 0 aliphatic rings. The summed E-state index contributed by atoms with van der Waals surface area (Å²) < 4.78 is 0. The van der Waals surface area contributed by atoms with Crippen molar-refractivity contribution in [3.63, 3.8) is 0 Å². The molecule has 2 nitrogen and oxygen atoms in total. The van der Waals surface area contributed by atoms with Crippen LogP contribution in [0.4, 0.5) is 0 Å². The Labute approximate surface area is 72.5 Å². The topological polar surface area (TPSA) is 32.6 Å². The summed E-state index contributed by atoms with van der Waals surface area (Å²) in [6, 6.07) is 9.73. The largest absolute Gasteiger partial charge is 0.411 e. The Morgan fingerprint density at radius 2 is 2.00 bits per heavy atom. The number of oxime groups is 1. The molecular formula is C10H13NO. The Bertz CT molecular complexity index is 254. The second-order valence-corrected chi connectivity index (χ2v) is 2.66. The van der Waals surface area contributed by atoms with Crippen LogP contribution < -0.4 is 0 Å². The van der Waals surface area contributed by atoms with E-state index in [2.05, 4.69) is 12.1 Å². The molecule has 0 atom stereocenters. The molecule has 0 aliphatic carbocycles. The lowest BCUT2D eigenvalue weighted by molar-refractivity contribution is 0.318. The van der Waals surface area contributed by atoms with Gasteiger partial charge in [-0.15, -0.1) is 0 Å². The van der Waals surface area contributed by atoms with Crippen molar-refractivity contribution in [2.75, 3.05) is 0 Å². The maximum atomic E-state index is 8.70. The predicted octanol–water partition coefficient (Wildman–Crippen LogP) is 2.67. The standard InChI is InChI=1S/C10H13NO/c1-2-6-10(11-12)9-7-4-3-5-8-9/h3-5,7-8,12H,2,6H2,1H3/b11-10-. The average molecular weight is 163 g/mol. The van der Waals surface area contributed by atoms with Gasteiger partial charge in [-0.25, -0.2) is 0 Å². The van der Waals surface area contributed by atoms with E-state index in [0.29, 0.717) is 0 Å². The highest BCUT2D eigenvalue weighted by Gasteiger charge is 2.00. The van der Waals surface area contributed by atoms with Crippen molar-refractivity contribution in [1.29, 1.82) is 0 Å². The zero-order valence-electron chi connectivity index (χ0n) is 7.20. The van der Waals surface area contributed by atoms with Crippen LogP contribution in [0.2, 0.25) is 0 Å². The third-order valence-electron chi connectivity index (χ3n) is 1.71. The summed E-state index contributed by atoms with van der Waals surface area (Å²) in [7, 11) is 0. The molecular weight excluding hydrogens is 150 g/mol. The van der Waals surface area contributed by atoms with Crippen LogP contribution in [0.15, 0.2) is 35.5 Å². The summed E-state index contributed by atoms with van der Waals surface area (Å²) in [5.74, 6) is 0. The first-order valence-corrected chi connectivity index (χ1v) is 4.14. The van der Waals surface area contributed by atoms with Crippen molar-refractivity contribution < 1.29 is 5.21 Å². The van der Waals surface area contributed by atoms with Crippen molar-refractivity contribution in [1.82, 2.24) is 0 Å². The van der Waals surface area contributed by atoms with Crippen LogP contribution in [-0.2, 0) is 0 Å². The van der Waals surface area contributed by atoms with Gasteiger partial charge in [0.05, 0.1) is 5.71 Å². The SMILES string of the molecule is CCC/C(=N/O)c1ccccc1. The van der Waals surface area contributed by atoms with E-state index in [1.807, 2.05) is 30.3 Å². The van der Waals surface area contributed by atoms with Crippen molar-refractivity contribution in [3.05, 3.63) is 35.9 Å². The molecule has 12 heavy (non-hydrogen) atoms. The molecule has 1 aromatic rings. The van der Waals surface area contributed by atoms with Gasteiger partial charge in [0.1, 0.15) is 0 Å². The highest BCUT2D eigenvalue weighted by atomic mass is 16.4. The molecule has 0 spiro atoms. The maximum Gasteiger partial charge on any atom is 0.0867 e. The maximum absolute atomic E-state index is 8.70. The monoisotopic (exact) mass is 163 g/mol. The number of nitrogens with zero attached hydrogens (tertiary/aromatic N) is 1. The van der Waals surface area contributed by atoms with E-state index in [9.17, 15) is 0 Å². The molecule has 2 heteroatoms. The molecule has 1 rings (SSSR count). The van der Waals surface area contributed by atoms with Crippen LogP contribution in [-0.4, -0.2) is 10.9 Å². The Kier molecular flexibility index (Phi) is 3.33. The van der Waals surface area contributed by atoms with Crippen LogP contribution in [0, 0.1) is 0 Å². The quantitative estimate of drug-likeness (QED) is 0.414. The van der Waals surface area contributed by atoms with Gasteiger partial charge in [-0.2, -0.15) is 0 Å². The van der Waals surface area contributed by atoms with E-state index in [1.165, 1.54) is 0 Å². The van der Waals surface area contributed by atoms with Crippen molar-refractivity contribution in [3.8, 4) is 0 Å². The molecule has 0 fully saturated rings. The first-order valence-electron chi connectivity index (χ1n) is 4.14. The molecule has 0 aromatic heterocycles. The van der Waals surface area contributed by atoms with Gasteiger partial charge in [-0.05, 0) is 12.0 Å². The van der Waals surface area contributed by atoms with Crippen molar-refractivity contribution in [2.24, 2.45) is 5.16 Å². The Morgan fingerprint density at radius 3 is 2.50 bits per heavy atom. The molecule has 0 amide bonds.